The second-order valence-corrected chi connectivity index (χ2v) is 9.65. The molecule has 176 valence electrons. The van der Waals surface area contributed by atoms with Gasteiger partial charge in [-0.1, -0.05) is 24.3 Å². The van der Waals surface area contributed by atoms with Crippen LogP contribution in [-0.4, -0.2) is 44.7 Å². The zero-order chi connectivity index (χ0) is 23.9. The SMILES string of the molecule is CC=C1CCC(n2c(=O)n(C)c3c(C4=CCN(C(=O)OC(C)(C)C)CC4)cccc32)C(=O)N1. The van der Waals surface area contributed by atoms with Gasteiger partial charge in [0.1, 0.15) is 11.6 Å². The first-order valence-corrected chi connectivity index (χ1v) is 11.4. The Bertz CT molecular complexity index is 1230. The molecule has 33 heavy (non-hydrogen) atoms. The number of rotatable bonds is 2. The quantitative estimate of drug-likeness (QED) is 0.753. The van der Waals surface area contributed by atoms with E-state index >= 15 is 0 Å². The van der Waals surface area contributed by atoms with Crippen LogP contribution in [-0.2, 0) is 16.6 Å². The van der Waals surface area contributed by atoms with Crippen molar-refractivity contribution in [2.24, 2.45) is 7.05 Å². The maximum atomic E-state index is 13.2. The number of nitrogens with zero attached hydrogens (tertiary/aromatic N) is 3. The molecule has 0 spiro atoms. The monoisotopic (exact) mass is 452 g/mol. The Kier molecular flexibility index (Phi) is 5.95. The number of aryl methyl sites for hydroxylation is 1. The highest BCUT2D eigenvalue weighted by Gasteiger charge is 2.31. The Balaban J connectivity index is 1.68. The molecule has 1 N–H and O–H groups in total. The van der Waals surface area contributed by atoms with Crippen LogP contribution < -0.4 is 11.0 Å². The molecule has 1 aromatic carbocycles. The molecule has 0 saturated carbocycles. The summed E-state index contributed by atoms with van der Waals surface area (Å²) in [6.07, 6.45) is 5.57. The van der Waals surface area contributed by atoms with E-state index in [1.807, 2.05) is 58.0 Å². The van der Waals surface area contributed by atoms with Gasteiger partial charge < -0.3 is 15.0 Å². The number of nitrogens with one attached hydrogen (secondary N) is 1. The lowest BCUT2D eigenvalue weighted by Gasteiger charge is -2.29. The molecule has 8 heteroatoms. The van der Waals surface area contributed by atoms with Gasteiger partial charge in [-0.15, -0.1) is 0 Å². The standard InChI is InChI=1S/C25H32N4O4/c1-6-17-10-11-20(22(30)26-17)29-19-9-7-8-18(21(19)27(5)23(29)31)16-12-14-28(15-13-16)24(32)33-25(2,3)4/h6-9,12,20H,10-11,13-15H2,1-5H3,(H,26,30). The molecular formula is C25H32N4O4. The van der Waals surface area contributed by atoms with Gasteiger partial charge in [-0.3, -0.25) is 13.9 Å². The number of piperidine rings is 1. The first-order chi connectivity index (χ1) is 15.6. The number of hydrogen-bond donors (Lipinski definition) is 1. The van der Waals surface area contributed by atoms with Gasteiger partial charge >= 0.3 is 11.8 Å². The van der Waals surface area contributed by atoms with E-state index in [0.717, 1.165) is 34.3 Å². The number of amides is 2. The Hall–Kier alpha value is -3.29. The average Bonchev–Trinajstić information content (AvgIpc) is 3.03. The van der Waals surface area contributed by atoms with Gasteiger partial charge in [-0.2, -0.15) is 0 Å². The zero-order valence-corrected chi connectivity index (χ0v) is 20.0. The van der Waals surface area contributed by atoms with Crippen molar-refractivity contribution in [1.82, 2.24) is 19.4 Å². The van der Waals surface area contributed by atoms with Gasteiger partial charge in [0.05, 0.1) is 11.0 Å². The van der Waals surface area contributed by atoms with E-state index in [1.54, 1.807) is 21.1 Å². The summed E-state index contributed by atoms with van der Waals surface area (Å²) in [6.45, 7) is 8.46. The Morgan fingerprint density at radius 3 is 2.58 bits per heavy atom. The second-order valence-electron chi connectivity index (χ2n) is 9.65. The molecule has 2 aliphatic rings. The van der Waals surface area contributed by atoms with E-state index in [1.165, 1.54) is 0 Å². The topological polar surface area (TPSA) is 85.6 Å². The molecule has 0 radical (unpaired) electrons. The molecule has 1 fully saturated rings. The molecular weight excluding hydrogens is 420 g/mol. The van der Waals surface area contributed by atoms with Crippen LogP contribution in [0.3, 0.4) is 0 Å². The molecule has 4 rings (SSSR count). The molecule has 2 aromatic rings. The number of imidazole rings is 1. The summed E-state index contributed by atoms with van der Waals surface area (Å²) >= 11 is 0. The van der Waals surface area contributed by atoms with Crippen LogP contribution in [0, 0.1) is 0 Å². The van der Waals surface area contributed by atoms with Crippen LogP contribution in [0.4, 0.5) is 4.79 Å². The smallest absolute Gasteiger partial charge is 0.410 e. The highest BCUT2D eigenvalue weighted by Crippen LogP contribution is 2.32. The van der Waals surface area contributed by atoms with Crippen molar-refractivity contribution < 1.29 is 14.3 Å². The van der Waals surface area contributed by atoms with Crippen LogP contribution in [0.1, 0.15) is 58.6 Å². The molecule has 2 aliphatic heterocycles. The van der Waals surface area contributed by atoms with E-state index in [0.29, 0.717) is 25.9 Å². The van der Waals surface area contributed by atoms with Gasteiger partial charge in [0.2, 0.25) is 5.91 Å². The Morgan fingerprint density at radius 2 is 1.97 bits per heavy atom. The maximum absolute atomic E-state index is 13.2. The van der Waals surface area contributed by atoms with Gasteiger partial charge in [0, 0.05) is 31.4 Å². The molecule has 1 atom stereocenters. The third-order valence-electron chi connectivity index (χ3n) is 6.24. The summed E-state index contributed by atoms with van der Waals surface area (Å²) in [4.78, 5) is 40.1. The number of para-hydroxylation sites is 1. The highest BCUT2D eigenvalue weighted by atomic mass is 16.6. The van der Waals surface area contributed by atoms with E-state index in [-0.39, 0.29) is 17.7 Å². The van der Waals surface area contributed by atoms with E-state index in [9.17, 15) is 14.4 Å². The van der Waals surface area contributed by atoms with Gasteiger partial charge in [0.15, 0.2) is 0 Å². The number of carbonyl (C=O) groups excluding carboxylic acids is 2. The van der Waals surface area contributed by atoms with Crippen molar-refractivity contribution in [2.75, 3.05) is 13.1 Å². The predicted molar refractivity (Wildman–Crippen MR) is 128 cm³/mol. The van der Waals surface area contributed by atoms with Gasteiger partial charge in [-0.05, 0) is 58.6 Å². The van der Waals surface area contributed by atoms with Crippen molar-refractivity contribution in [3.05, 3.63) is 52.1 Å². The number of hydrogen-bond acceptors (Lipinski definition) is 4. The van der Waals surface area contributed by atoms with E-state index in [2.05, 4.69) is 5.32 Å². The fourth-order valence-corrected chi connectivity index (χ4v) is 4.60. The molecule has 1 unspecified atom stereocenters. The summed E-state index contributed by atoms with van der Waals surface area (Å²) in [5, 5.41) is 2.92. The van der Waals surface area contributed by atoms with Crippen LogP contribution in [0.15, 0.2) is 40.8 Å². The van der Waals surface area contributed by atoms with Gasteiger partial charge in [0.25, 0.3) is 0 Å². The summed E-state index contributed by atoms with van der Waals surface area (Å²) in [7, 11) is 1.75. The van der Waals surface area contributed by atoms with Crippen molar-refractivity contribution in [1.29, 1.82) is 0 Å². The van der Waals surface area contributed by atoms with E-state index in [4.69, 9.17) is 4.74 Å². The van der Waals surface area contributed by atoms with Crippen LogP contribution in [0.2, 0.25) is 0 Å². The van der Waals surface area contributed by atoms with Crippen molar-refractivity contribution in [3.8, 4) is 0 Å². The number of benzene rings is 1. The molecule has 8 nitrogen and oxygen atoms in total. The molecule has 1 saturated heterocycles. The first kappa shape index (κ1) is 22.9. The number of allylic oxidation sites excluding steroid dienone is 2. The Labute approximate surface area is 193 Å². The van der Waals surface area contributed by atoms with Gasteiger partial charge in [-0.25, -0.2) is 9.59 Å². The fraction of sp³-hybridized carbons (Fsp3) is 0.480. The molecule has 3 heterocycles. The third-order valence-corrected chi connectivity index (χ3v) is 6.24. The maximum Gasteiger partial charge on any atom is 0.410 e. The normalized spacial score (nSPS) is 20.7. The fourth-order valence-electron chi connectivity index (χ4n) is 4.60. The Morgan fingerprint density at radius 1 is 1.21 bits per heavy atom. The number of aromatic nitrogens is 2. The largest absolute Gasteiger partial charge is 0.444 e. The molecule has 0 aliphatic carbocycles. The number of fused-ring (bicyclic) bond motifs is 1. The second kappa shape index (κ2) is 8.57. The first-order valence-electron chi connectivity index (χ1n) is 11.4. The summed E-state index contributed by atoms with van der Waals surface area (Å²) in [5.74, 6) is -0.153. The third kappa shape index (κ3) is 4.34. The van der Waals surface area contributed by atoms with Crippen molar-refractivity contribution >= 4 is 28.6 Å². The summed E-state index contributed by atoms with van der Waals surface area (Å²) in [6, 6.07) is 5.28. The summed E-state index contributed by atoms with van der Waals surface area (Å²) in [5.41, 5.74) is 3.76. The highest BCUT2D eigenvalue weighted by molar-refractivity contribution is 5.92. The predicted octanol–water partition coefficient (Wildman–Crippen LogP) is 3.72. The molecule has 2 amide bonds. The lowest BCUT2D eigenvalue weighted by molar-refractivity contribution is -0.124. The van der Waals surface area contributed by atoms with Crippen LogP contribution in [0.5, 0.6) is 0 Å². The van der Waals surface area contributed by atoms with Crippen LogP contribution >= 0.6 is 0 Å². The zero-order valence-electron chi connectivity index (χ0n) is 20.0. The summed E-state index contributed by atoms with van der Waals surface area (Å²) < 4.78 is 8.74. The number of ether oxygens (including phenoxy) is 1. The van der Waals surface area contributed by atoms with Crippen molar-refractivity contribution in [3.63, 3.8) is 0 Å². The molecule has 1 aromatic heterocycles. The minimum atomic E-state index is -0.539. The van der Waals surface area contributed by atoms with E-state index < -0.39 is 11.6 Å². The average molecular weight is 453 g/mol. The van der Waals surface area contributed by atoms with Crippen LogP contribution in [0.25, 0.3) is 16.6 Å². The molecule has 0 bridgehead atoms. The van der Waals surface area contributed by atoms with Crippen molar-refractivity contribution in [2.45, 2.75) is 58.6 Å². The lowest BCUT2D eigenvalue weighted by Crippen LogP contribution is -2.40. The minimum Gasteiger partial charge on any atom is -0.444 e. The lowest BCUT2D eigenvalue weighted by atomic mass is 9.97. The minimum absolute atomic E-state index is 0.153. The number of carbonyl (C=O) groups is 2.